The minimum atomic E-state index is -0.888. The number of aromatic amines is 1. The van der Waals surface area contributed by atoms with Crippen LogP contribution in [0.4, 0.5) is 8.78 Å². The molecule has 1 aliphatic rings. The summed E-state index contributed by atoms with van der Waals surface area (Å²) in [5, 5.41) is 11.8. The van der Waals surface area contributed by atoms with Crippen molar-refractivity contribution in [1.29, 1.82) is 0 Å². The molecule has 0 radical (unpaired) electrons. The highest BCUT2D eigenvalue weighted by atomic mass is 32.1. The Kier molecular flexibility index (Phi) is 6.16. The highest BCUT2D eigenvalue weighted by Crippen LogP contribution is 2.28. The molecule has 5 rings (SSSR count). The third-order valence-corrected chi connectivity index (χ3v) is 6.00. The molecule has 2 aromatic heterocycles. The second kappa shape index (κ2) is 8.85. The first-order valence-corrected chi connectivity index (χ1v) is 10.7. The van der Waals surface area contributed by atoms with Crippen LogP contribution in [0.15, 0.2) is 66.0 Å². The third-order valence-electron chi connectivity index (χ3n) is 5.66. The molecule has 0 spiro atoms. The Balaban J connectivity index is 0.000000217. The quantitative estimate of drug-likeness (QED) is 0.359. The lowest BCUT2D eigenvalue weighted by molar-refractivity contribution is 0.421. The maximum Gasteiger partial charge on any atom is 0.172 e. The first-order valence-electron chi connectivity index (χ1n) is 10.3. The summed E-state index contributed by atoms with van der Waals surface area (Å²) in [4.78, 5) is 0.0370. The van der Waals surface area contributed by atoms with E-state index in [0.717, 1.165) is 24.7 Å². The fourth-order valence-electron chi connectivity index (χ4n) is 4.13. The van der Waals surface area contributed by atoms with Gasteiger partial charge in [-0.05, 0) is 62.1 Å². The van der Waals surface area contributed by atoms with E-state index in [1.807, 2.05) is 12.4 Å². The van der Waals surface area contributed by atoms with Crippen molar-refractivity contribution in [2.75, 3.05) is 6.54 Å². The molecule has 3 heterocycles. The van der Waals surface area contributed by atoms with E-state index in [2.05, 4.69) is 77.0 Å². The fourth-order valence-corrected chi connectivity index (χ4v) is 4.33. The van der Waals surface area contributed by atoms with Crippen molar-refractivity contribution in [3.63, 3.8) is 0 Å². The fraction of sp³-hybridized carbons (Fsp3) is 0.292. The molecule has 0 bridgehead atoms. The zero-order valence-electron chi connectivity index (χ0n) is 17.6. The zero-order chi connectivity index (χ0) is 22.0. The zero-order valence-corrected chi connectivity index (χ0v) is 18.5. The summed E-state index contributed by atoms with van der Waals surface area (Å²) in [6, 6.07) is 12.7. The molecule has 7 heteroatoms. The van der Waals surface area contributed by atoms with Crippen molar-refractivity contribution in [2.45, 2.75) is 37.2 Å². The number of H-pyrrole nitrogens is 1. The average Bonchev–Trinajstić information content (AvgIpc) is 3.47. The standard InChI is InChI=1S/C18H22N4.C6H4F2S/c1-18(2)8-13(9-19-18)12-22-6-5-15-7-14(3-4-17(15)22)16-10-20-21-11-16;7-4-2-1-3-5(9)6(4)8/h3-7,10-11,13,19H,8-9,12H2,1-2H3,(H,20,21);1-3,9H. The van der Waals surface area contributed by atoms with Gasteiger partial charge in [0.05, 0.1) is 6.20 Å². The number of halogens is 2. The van der Waals surface area contributed by atoms with Gasteiger partial charge in [0.15, 0.2) is 11.6 Å². The number of hydrogen-bond donors (Lipinski definition) is 3. The van der Waals surface area contributed by atoms with Gasteiger partial charge >= 0.3 is 0 Å². The molecule has 4 nitrogen and oxygen atoms in total. The van der Waals surface area contributed by atoms with Crippen molar-refractivity contribution in [3.05, 3.63) is 72.7 Å². The Morgan fingerprint density at radius 1 is 1.16 bits per heavy atom. The van der Waals surface area contributed by atoms with E-state index in [0.29, 0.717) is 5.92 Å². The van der Waals surface area contributed by atoms with Gasteiger partial charge in [-0.2, -0.15) is 5.10 Å². The van der Waals surface area contributed by atoms with Crippen molar-refractivity contribution in [3.8, 4) is 11.1 Å². The predicted molar refractivity (Wildman–Crippen MR) is 123 cm³/mol. The molecule has 0 saturated carbocycles. The molecule has 0 amide bonds. The molecule has 2 aromatic carbocycles. The number of nitrogens with one attached hydrogen (secondary N) is 2. The molecule has 162 valence electrons. The van der Waals surface area contributed by atoms with Gasteiger partial charge in [0, 0.05) is 52.4 Å². The van der Waals surface area contributed by atoms with Crippen LogP contribution >= 0.6 is 12.6 Å². The second-order valence-electron chi connectivity index (χ2n) is 8.64. The second-order valence-corrected chi connectivity index (χ2v) is 9.12. The molecule has 1 fully saturated rings. The minimum absolute atomic E-state index is 0.0370. The van der Waals surface area contributed by atoms with Crippen LogP contribution in [0.3, 0.4) is 0 Å². The third kappa shape index (κ3) is 4.99. The summed E-state index contributed by atoms with van der Waals surface area (Å²) < 4.78 is 26.8. The minimum Gasteiger partial charge on any atom is -0.347 e. The van der Waals surface area contributed by atoms with Crippen LogP contribution in [-0.4, -0.2) is 26.8 Å². The normalized spacial score (nSPS) is 17.5. The highest BCUT2D eigenvalue weighted by molar-refractivity contribution is 7.80. The van der Waals surface area contributed by atoms with Crippen LogP contribution in [0.5, 0.6) is 0 Å². The van der Waals surface area contributed by atoms with Gasteiger partial charge in [0.2, 0.25) is 0 Å². The predicted octanol–water partition coefficient (Wildman–Crippen LogP) is 5.67. The van der Waals surface area contributed by atoms with Crippen LogP contribution in [-0.2, 0) is 6.54 Å². The number of fused-ring (bicyclic) bond motifs is 1. The summed E-state index contributed by atoms with van der Waals surface area (Å²) in [5.74, 6) is -1.04. The Morgan fingerprint density at radius 3 is 2.65 bits per heavy atom. The Hall–Kier alpha value is -2.64. The first kappa shape index (κ1) is 21.6. The highest BCUT2D eigenvalue weighted by Gasteiger charge is 2.30. The molecule has 1 atom stereocenters. The van der Waals surface area contributed by atoms with Crippen LogP contribution in [0.1, 0.15) is 20.3 Å². The molecular weight excluding hydrogens is 414 g/mol. The lowest BCUT2D eigenvalue weighted by atomic mass is 9.97. The van der Waals surface area contributed by atoms with E-state index >= 15 is 0 Å². The largest absolute Gasteiger partial charge is 0.347 e. The topological polar surface area (TPSA) is 45.6 Å². The molecule has 0 aliphatic carbocycles. The van der Waals surface area contributed by atoms with Crippen molar-refractivity contribution < 1.29 is 8.78 Å². The molecule has 4 aromatic rings. The van der Waals surface area contributed by atoms with Crippen LogP contribution in [0, 0.1) is 17.6 Å². The average molecular weight is 441 g/mol. The van der Waals surface area contributed by atoms with E-state index in [1.165, 1.54) is 35.0 Å². The molecule has 1 unspecified atom stereocenters. The van der Waals surface area contributed by atoms with Crippen LogP contribution < -0.4 is 5.32 Å². The molecule has 31 heavy (non-hydrogen) atoms. The number of hydrogen-bond acceptors (Lipinski definition) is 3. The van der Waals surface area contributed by atoms with E-state index in [4.69, 9.17) is 0 Å². The number of thiol groups is 1. The summed E-state index contributed by atoms with van der Waals surface area (Å²) in [7, 11) is 0. The van der Waals surface area contributed by atoms with E-state index < -0.39 is 11.6 Å². The van der Waals surface area contributed by atoms with Gasteiger partial charge in [0.25, 0.3) is 0 Å². The summed E-state index contributed by atoms with van der Waals surface area (Å²) in [5.41, 5.74) is 3.94. The number of benzene rings is 2. The van der Waals surface area contributed by atoms with Gasteiger partial charge in [-0.25, -0.2) is 8.78 Å². The number of aromatic nitrogens is 3. The van der Waals surface area contributed by atoms with Crippen molar-refractivity contribution >= 4 is 23.5 Å². The Labute approximate surface area is 186 Å². The maximum atomic E-state index is 12.3. The van der Waals surface area contributed by atoms with E-state index in [9.17, 15) is 8.78 Å². The van der Waals surface area contributed by atoms with Crippen molar-refractivity contribution in [2.24, 2.45) is 5.92 Å². The monoisotopic (exact) mass is 440 g/mol. The summed E-state index contributed by atoms with van der Waals surface area (Å²) in [6.45, 7) is 6.78. The van der Waals surface area contributed by atoms with E-state index in [1.54, 1.807) is 0 Å². The number of rotatable bonds is 3. The Bertz CT molecular complexity index is 1150. The summed E-state index contributed by atoms with van der Waals surface area (Å²) >= 11 is 3.65. The van der Waals surface area contributed by atoms with Gasteiger partial charge < -0.3 is 9.88 Å². The first-order chi connectivity index (χ1) is 14.8. The number of nitrogens with zero attached hydrogens (tertiary/aromatic N) is 2. The lowest BCUT2D eigenvalue weighted by Crippen LogP contribution is -2.31. The van der Waals surface area contributed by atoms with Gasteiger partial charge in [0.1, 0.15) is 0 Å². The molecule has 2 N–H and O–H groups in total. The Morgan fingerprint density at radius 2 is 2.00 bits per heavy atom. The molecule has 1 aliphatic heterocycles. The summed E-state index contributed by atoms with van der Waals surface area (Å²) in [6.07, 6.45) is 7.25. The van der Waals surface area contributed by atoms with E-state index in [-0.39, 0.29) is 10.4 Å². The van der Waals surface area contributed by atoms with Gasteiger partial charge in [-0.15, -0.1) is 12.6 Å². The SMILES string of the molecule is CC1(C)CC(Cn2ccc3cc(-c4cn[nH]c4)ccc32)CN1.Fc1cccc(S)c1F. The molecular formula is C24H26F2N4S. The van der Waals surface area contributed by atoms with Crippen LogP contribution in [0.2, 0.25) is 0 Å². The smallest absolute Gasteiger partial charge is 0.172 e. The molecule has 1 saturated heterocycles. The van der Waals surface area contributed by atoms with Gasteiger partial charge in [-0.1, -0.05) is 12.1 Å². The maximum absolute atomic E-state index is 12.3. The van der Waals surface area contributed by atoms with Gasteiger partial charge in [-0.3, -0.25) is 5.10 Å². The van der Waals surface area contributed by atoms with Crippen molar-refractivity contribution in [1.82, 2.24) is 20.1 Å². The lowest BCUT2D eigenvalue weighted by Gasteiger charge is -2.17. The van der Waals surface area contributed by atoms with Crippen LogP contribution in [0.25, 0.3) is 22.0 Å².